The summed E-state index contributed by atoms with van der Waals surface area (Å²) in [5, 5.41) is 0. The van der Waals surface area contributed by atoms with Crippen molar-refractivity contribution in [3.05, 3.63) is 59.2 Å². The summed E-state index contributed by atoms with van der Waals surface area (Å²) in [5.41, 5.74) is 5.35. The maximum absolute atomic E-state index is 8.60. The van der Waals surface area contributed by atoms with E-state index in [4.69, 9.17) is 37.3 Å². The Kier molecular flexibility index (Phi) is 12.4. The van der Waals surface area contributed by atoms with Gasteiger partial charge in [-0.2, -0.15) is 28.0 Å². The number of aromatic nitrogens is 2. The molecule has 2 aromatic heterocycles. The van der Waals surface area contributed by atoms with Crippen molar-refractivity contribution in [3.8, 4) is 0 Å². The molecule has 10 nitrogen and oxygen atoms in total. The first-order valence-corrected chi connectivity index (χ1v) is 11.3. The highest BCUT2D eigenvalue weighted by Gasteiger charge is 2.09. The van der Waals surface area contributed by atoms with Gasteiger partial charge in [-0.15, -0.1) is 0 Å². The fraction of sp³-hybridized carbons (Fsp3) is 0.444. The first kappa shape index (κ1) is 28.6. The van der Waals surface area contributed by atoms with E-state index in [0.717, 1.165) is 13.1 Å². The van der Waals surface area contributed by atoms with Crippen LogP contribution in [0.15, 0.2) is 36.7 Å². The molecule has 0 unspecified atom stereocenters. The molecule has 0 radical (unpaired) electrons. The molecule has 0 atom stereocenters. The Morgan fingerprint density at radius 2 is 0.900 bits per heavy atom. The quantitative estimate of drug-likeness (QED) is 0.320. The molecule has 0 fully saturated rings. The molecule has 2 N–H and O–H groups in total. The smallest absolute Gasteiger partial charge is 0.178 e. The molecule has 12 heteroatoms. The molecular weight excluding hydrogens is 443 g/mol. The zero-order valence-electron chi connectivity index (χ0n) is 17.3. The maximum atomic E-state index is 8.60. The van der Waals surface area contributed by atoms with Crippen molar-refractivity contribution >= 4 is 0 Å². The molecule has 0 spiro atoms. The Morgan fingerprint density at radius 3 is 1.17 bits per heavy atom. The molecule has 0 aliphatic rings. The van der Waals surface area contributed by atoms with Crippen LogP contribution >= 0.6 is 0 Å². The fourth-order valence-electron chi connectivity index (χ4n) is 2.52. The van der Waals surface area contributed by atoms with E-state index in [1.807, 2.05) is 0 Å². The third kappa shape index (κ3) is 17.4. The third-order valence-electron chi connectivity index (χ3n) is 3.85. The minimum absolute atomic E-state index is 1.11. The minimum atomic E-state index is -4.69. The monoisotopic (exact) mass is 470 g/mol. The minimum Gasteiger partial charge on any atom is -0.202 e. The van der Waals surface area contributed by atoms with Gasteiger partial charge in [-0.05, 0) is 26.0 Å². The average Bonchev–Trinajstić information content (AvgIpc) is 2.54. The van der Waals surface area contributed by atoms with Crippen LogP contribution in [0.2, 0.25) is 0 Å². The van der Waals surface area contributed by atoms with Crippen LogP contribution < -0.4 is 37.1 Å². The summed E-state index contributed by atoms with van der Waals surface area (Å²) in [6, 6.07) is 8.76. The van der Waals surface area contributed by atoms with Gasteiger partial charge in [0.1, 0.15) is 13.1 Å². The van der Waals surface area contributed by atoms with E-state index >= 15 is 0 Å². The zero-order valence-corrected chi connectivity index (χ0v) is 18.8. The summed E-state index contributed by atoms with van der Waals surface area (Å²) in [6.07, 6.45) is 6.94. The first-order valence-electron chi connectivity index (χ1n) is 8.76. The predicted octanol–water partition coefficient (Wildman–Crippen LogP) is -5.27. The Balaban J connectivity index is 0.000000702. The van der Waals surface area contributed by atoms with E-state index in [0.29, 0.717) is 0 Å². The molecule has 0 amide bonds. The van der Waals surface area contributed by atoms with E-state index in [-0.39, 0.29) is 0 Å². The standard InChI is InChI=1S/C18H26N2.2ClHO4/c1-15-7-9-17(3)19(13-15)11-5-6-12-20-14-16(2)8-10-18(20)4;2*2-1(3,4)5/h7-10,13-14H,5-6,11-12H2,1-4H3;2*(H,2,3,4,5)/q+2;;. The van der Waals surface area contributed by atoms with Gasteiger partial charge in [-0.25, -0.2) is 9.13 Å². The van der Waals surface area contributed by atoms with Crippen LogP contribution in [-0.2, 0) is 13.1 Å². The van der Waals surface area contributed by atoms with Crippen molar-refractivity contribution in [2.45, 2.75) is 53.6 Å². The van der Waals surface area contributed by atoms with Gasteiger partial charge in [0.25, 0.3) is 0 Å². The highest BCUT2D eigenvalue weighted by molar-refractivity contribution is 5.06. The number of halogens is 2. The number of pyridine rings is 2. The topological polar surface area (TPSA) is 187 Å². The normalized spacial score (nSPS) is 11.2. The van der Waals surface area contributed by atoms with Crippen LogP contribution in [0.25, 0.3) is 0 Å². The van der Waals surface area contributed by atoms with Crippen molar-refractivity contribution in [2.24, 2.45) is 0 Å². The Morgan fingerprint density at radius 1 is 0.633 bits per heavy atom. The van der Waals surface area contributed by atoms with Crippen molar-refractivity contribution in [1.82, 2.24) is 0 Å². The molecule has 2 aromatic rings. The van der Waals surface area contributed by atoms with Crippen LogP contribution in [0.1, 0.15) is 35.4 Å². The molecule has 0 aromatic carbocycles. The third-order valence-corrected chi connectivity index (χ3v) is 3.85. The fourth-order valence-corrected chi connectivity index (χ4v) is 2.52. The largest absolute Gasteiger partial charge is 0.202 e. The number of unbranched alkanes of at least 4 members (excludes halogenated alkanes) is 1. The second-order valence-electron chi connectivity index (χ2n) is 6.58. The van der Waals surface area contributed by atoms with Crippen LogP contribution in [-0.4, -0.2) is 9.32 Å². The van der Waals surface area contributed by atoms with Gasteiger partial charge in [0.15, 0.2) is 23.8 Å². The van der Waals surface area contributed by atoms with Gasteiger partial charge in [-0.3, -0.25) is 0 Å². The summed E-state index contributed by atoms with van der Waals surface area (Å²) in [6.45, 7) is 10.9. The molecule has 0 saturated carbocycles. The van der Waals surface area contributed by atoms with Crippen molar-refractivity contribution < 1.29 is 66.9 Å². The van der Waals surface area contributed by atoms with E-state index in [9.17, 15) is 0 Å². The summed E-state index contributed by atoms with van der Waals surface area (Å²) in [4.78, 5) is 0. The zero-order chi connectivity index (χ0) is 23.5. The van der Waals surface area contributed by atoms with Crippen LogP contribution in [0.4, 0.5) is 0 Å². The van der Waals surface area contributed by atoms with Crippen LogP contribution in [0.3, 0.4) is 0 Å². The molecule has 30 heavy (non-hydrogen) atoms. The maximum Gasteiger partial charge on any atom is 0.178 e. The van der Waals surface area contributed by atoms with Gasteiger partial charge in [-0.1, -0.05) is 0 Å². The Labute approximate surface area is 180 Å². The average molecular weight is 471 g/mol. The number of nitrogens with zero attached hydrogens (tertiary/aromatic N) is 2. The molecule has 0 bridgehead atoms. The number of rotatable bonds is 5. The molecule has 170 valence electrons. The van der Waals surface area contributed by atoms with Crippen molar-refractivity contribution in [2.75, 3.05) is 0 Å². The van der Waals surface area contributed by atoms with Crippen LogP contribution in [0, 0.1) is 48.2 Å². The molecular formula is C18H28Cl2N2O8+2. The lowest BCUT2D eigenvalue weighted by Gasteiger charge is -2.03. The SMILES string of the molecule is Cc1ccc(C)[n+](CCCC[n+]2cc(C)ccc2C)c1.[O-][Cl+3]([O-])([O-])O.[O-][Cl+3]([O-])([O-])O. The highest BCUT2D eigenvalue weighted by atomic mass is 35.7. The van der Waals surface area contributed by atoms with Gasteiger partial charge >= 0.3 is 0 Å². The molecule has 0 aliphatic heterocycles. The van der Waals surface area contributed by atoms with Crippen molar-refractivity contribution in [1.29, 1.82) is 0 Å². The lowest BCUT2D eigenvalue weighted by Crippen LogP contribution is -2.58. The summed E-state index contributed by atoms with van der Waals surface area (Å²) < 4.78 is 70.2. The molecule has 2 heterocycles. The van der Waals surface area contributed by atoms with Gasteiger partial charge in [0.05, 0.1) is 29.8 Å². The lowest BCUT2D eigenvalue weighted by atomic mass is 10.2. The number of hydrogen-bond donors (Lipinski definition) is 2. The van der Waals surface area contributed by atoms with E-state index in [1.54, 1.807) is 0 Å². The second-order valence-corrected chi connectivity index (χ2v) is 8.17. The summed E-state index contributed by atoms with van der Waals surface area (Å²) >= 11 is 0. The van der Waals surface area contributed by atoms with E-state index < -0.39 is 20.5 Å². The van der Waals surface area contributed by atoms with Crippen LogP contribution in [0.5, 0.6) is 0 Å². The predicted molar refractivity (Wildman–Crippen MR) is 85.9 cm³/mol. The second kappa shape index (κ2) is 13.1. The van der Waals surface area contributed by atoms with Gasteiger partial charge < -0.3 is 0 Å². The molecule has 0 aliphatic carbocycles. The number of hydrogen-bond acceptors (Lipinski definition) is 8. The molecule has 2 rings (SSSR count). The highest BCUT2D eigenvalue weighted by Crippen LogP contribution is 1.99. The summed E-state index contributed by atoms with van der Waals surface area (Å²) in [5.74, 6) is 0. The van der Waals surface area contributed by atoms with Gasteiger partial charge in [0, 0.05) is 49.9 Å². The van der Waals surface area contributed by atoms with E-state index in [1.165, 1.54) is 35.4 Å². The van der Waals surface area contributed by atoms with Gasteiger partial charge in [0.2, 0.25) is 0 Å². The molecule has 0 saturated heterocycles. The Hall–Kier alpha value is -1.44. The van der Waals surface area contributed by atoms with E-state index in [2.05, 4.69) is 73.5 Å². The van der Waals surface area contributed by atoms with Crippen molar-refractivity contribution in [3.63, 3.8) is 0 Å². The lowest BCUT2D eigenvalue weighted by molar-refractivity contribution is -1.92. The Bertz CT molecular complexity index is 702. The number of aryl methyl sites for hydroxylation is 6. The summed E-state index contributed by atoms with van der Waals surface area (Å²) in [7, 11) is -9.39. The first-order chi connectivity index (χ1) is 13.6.